The molecule has 17 heavy (non-hydrogen) atoms. The zero-order chi connectivity index (χ0) is 13.0. The molecule has 0 aliphatic carbocycles. The first kappa shape index (κ1) is 13.7. The average Bonchev–Trinajstić information content (AvgIpc) is 2.73. The van der Waals surface area contributed by atoms with Crippen LogP contribution in [-0.2, 0) is 14.3 Å². The molecule has 0 aromatic heterocycles. The van der Waals surface area contributed by atoms with E-state index in [0.29, 0.717) is 25.9 Å². The second-order valence-electron chi connectivity index (χ2n) is 4.34. The number of carboxylic acids is 1. The molecular formula is C12H19NO4. The van der Waals surface area contributed by atoms with Gasteiger partial charge in [0, 0.05) is 13.1 Å². The van der Waals surface area contributed by atoms with Crippen molar-refractivity contribution in [1.82, 2.24) is 4.90 Å². The maximum absolute atomic E-state index is 12.0. The van der Waals surface area contributed by atoms with Gasteiger partial charge in [0.05, 0.1) is 0 Å². The van der Waals surface area contributed by atoms with Crippen LogP contribution in [0.5, 0.6) is 0 Å². The predicted octanol–water partition coefficient (Wildman–Crippen LogP) is 1.04. The molecule has 2 unspecified atom stereocenters. The Bertz CT molecular complexity index is 326. The Kier molecular flexibility index (Phi) is 4.69. The molecule has 1 aliphatic heterocycles. The minimum Gasteiger partial charge on any atom is -0.479 e. The lowest BCUT2D eigenvalue weighted by atomic mass is 10.1. The summed E-state index contributed by atoms with van der Waals surface area (Å²) in [5.74, 6) is -1.14. The molecule has 0 spiro atoms. The third-order valence-electron chi connectivity index (χ3n) is 2.72. The number of carbonyl (C=O) groups is 2. The number of amides is 1. The Balaban J connectivity index is 2.58. The van der Waals surface area contributed by atoms with Gasteiger partial charge < -0.3 is 14.7 Å². The Hall–Kier alpha value is -1.36. The standard InChI is InChI=1S/C12H19NO4/c1-4-13(7-8(2)3)11(14)9-5-6-10(17-9)12(15)16/h9-10H,2,4-7H2,1,3H3,(H,15,16). The van der Waals surface area contributed by atoms with E-state index in [1.165, 1.54) is 0 Å². The Morgan fingerprint density at radius 1 is 1.41 bits per heavy atom. The molecule has 0 aromatic rings. The molecule has 5 heteroatoms. The highest BCUT2D eigenvalue weighted by atomic mass is 16.5. The molecule has 0 aromatic carbocycles. The highest BCUT2D eigenvalue weighted by molar-refractivity contribution is 5.82. The summed E-state index contributed by atoms with van der Waals surface area (Å²) in [6, 6.07) is 0. The van der Waals surface area contributed by atoms with Crippen LogP contribution >= 0.6 is 0 Å². The smallest absolute Gasteiger partial charge is 0.332 e. The number of likely N-dealkylation sites (N-methyl/N-ethyl adjacent to an activating group) is 1. The number of hydrogen-bond acceptors (Lipinski definition) is 3. The fourth-order valence-electron chi connectivity index (χ4n) is 1.88. The zero-order valence-electron chi connectivity index (χ0n) is 10.3. The van der Waals surface area contributed by atoms with Gasteiger partial charge in [-0.2, -0.15) is 0 Å². The van der Waals surface area contributed by atoms with Crippen molar-refractivity contribution in [3.63, 3.8) is 0 Å². The molecule has 1 amide bonds. The van der Waals surface area contributed by atoms with Gasteiger partial charge in [-0.25, -0.2) is 4.79 Å². The summed E-state index contributed by atoms with van der Waals surface area (Å²) in [5.41, 5.74) is 0.896. The van der Waals surface area contributed by atoms with E-state index in [-0.39, 0.29) is 5.91 Å². The van der Waals surface area contributed by atoms with Crippen LogP contribution in [0.2, 0.25) is 0 Å². The normalized spacial score (nSPS) is 23.4. The van der Waals surface area contributed by atoms with Gasteiger partial charge >= 0.3 is 5.97 Å². The van der Waals surface area contributed by atoms with Crippen LogP contribution in [0.4, 0.5) is 0 Å². The number of carboxylic acid groups (broad SMARTS) is 1. The molecular weight excluding hydrogens is 222 g/mol. The SMILES string of the molecule is C=C(C)CN(CC)C(=O)C1CCC(C(=O)O)O1. The number of hydrogen-bond donors (Lipinski definition) is 1. The van der Waals surface area contributed by atoms with Crippen molar-refractivity contribution in [1.29, 1.82) is 0 Å². The van der Waals surface area contributed by atoms with Gasteiger partial charge in [0.2, 0.25) is 0 Å². The molecule has 2 atom stereocenters. The van der Waals surface area contributed by atoms with Gasteiger partial charge in [-0.3, -0.25) is 4.79 Å². The van der Waals surface area contributed by atoms with Crippen LogP contribution in [0.15, 0.2) is 12.2 Å². The monoisotopic (exact) mass is 241 g/mol. The Morgan fingerprint density at radius 2 is 2.00 bits per heavy atom. The topological polar surface area (TPSA) is 66.8 Å². The van der Waals surface area contributed by atoms with Gasteiger partial charge in [0.25, 0.3) is 5.91 Å². The van der Waals surface area contributed by atoms with E-state index in [4.69, 9.17) is 9.84 Å². The van der Waals surface area contributed by atoms with Crippen molar-refractivity contribution in [2.24, 2.45) is 0 Å². The molecule has 1 rings (SSSR count). The summed E-state index contributed by atoms with van der Waals surface area (Å²) >= 11 is 0. The third-order valence-corrected chi connectivity index (χ3v) is 2.72. The molecule has 1 saturated heterocycles. The molecule has 5 nitrogen and oxygen atoms in total. The molecule has 0 bridgehead atoms. The van der Waals surface area contributed by atoms with Crippen LogP contribution < -0.4 is 0 Å². The summed E-state index contributed by atoms with van der Waals surface area (Å²) in [6.45, 7) is 8.56. The van der Waals surface area contributed by atoms with Crippen molar-refractivity contribution < 1.29 is 19.4 Å². The van der Waals surface area contributed by atoms with E-state index in [1.54, 1.807) is 4.90 Å². The second-order valence-corrected chi connectivity index (χ2v) is 4.34. The van der Waals surface area contributed by atoms with Crippen molar-refractivity contribution in [3.8, 4) is 0 Å². The van der Waals surface area contributed by atoms with E-state index in [0.717, 1.165) is 5.57 Å². The van der Waals surface area contributed by atoms with E-state index >= 15 is 0 Å². The van der Waals surface area contributed by atoms with E-state index in [2.05, 4.69) is 6.58 Å². The molecule has 96 valence electrons. The average molecular weight is 241 g/mol. The zero-order valence-corrected chi connectivity index (χ0v) is 10.3. The number of ether oxygens (including phenoxy) is 1. The molecule has 0 radical (unpaired) electrons. The summed E-state index contributed by atoms with van der Waals surface area (Å²) in [7, 11) is 0. The minimum atomic E-state index is -0.997. The van der Waals surface area contributed by atoms with Gasteiger partial charge in [-0.1, -0.05) is 12.2 Å². The van der Waals surface area contributed by atoms with Crippen LogP contribution in [0.3, 0.4) is 0 Å². The van der Waals surface area contributed by atoms with Crippen LogP contribution in [-0.4, -0.2) is 47.2 Å². The summed E-state index contributed by atoms with van der Waals surface area (Å²) < 4.78 is 5.23. The van der Waals surface area contributed by atoms with Gasteiger partial charge in [-0.05, 0) is 26.7 Å². The highest BCUT2D eigenvalue weighted by Gasteiger charge is 2.36. The first-order chi connectivity index (χ1) is 7.95. The minimum absolute atomic E-state index is 0.140. The lowest BCUT2D eigenvalue weighted by Crippen LogP contribution is -2.40. The summed E-state index contributed by atoms with van der Waals surface area (Å²) in [6.07, 6.45) is -0.582. The maximum Gasteiger partial charge on any atom is 0.332 e. The van der Waals surface area contributed by atoms with Gasteiger partial charge in [0.15, 0.2) is 6.10 Å². The van der Waals surface area contributed by atoms with Crippen LogP contribution in [0, 0.1) is 0 Å². The summed E-state index contributed by atoms with van der Waals surface area (Å²) in [4.78, 5) is 24.4. The first-order valence-corrected chi connectivity index (χ1v) is 5.77. The van der Waals surface area contributed by atoms with E-state index < -0.39 is 18.2 Å². The Labute approximate surface area is 101 Å². The van der Waals surface area contributed by atoms with Gasteiger partial charge in [-0.15, -0.1) is 0 Å². The predicted molar refractivity (Wildman–Crippen MR) is 62.6 cm³/mol. The second kappa shape index (κ2) is 5.82. The van der Waals surface area contributed by atoms with Crippen molar-refractivity contribution >= 4 is 11.9 Å². The fourth-order valence-corrected chi connectivity index (χ4v) is 1.88. The lowest BCUT2D eigenvalue weighted by molar-refractivity contribution is -0.154. The number of carbonyl (C=O) groups excluding carboxylic acids is 1. The summed E-state index contributed by atoms with van der Waals surface area (Å²) in [5, 5.41) is 8.79. The van der Waals surface area contributed by atoms with Crippen molar-refractivity contribution in [3.05, 3.63) is 12.2 Å². The molecule has 0 saturated carbocycles. The molecule has 1 fully saturated rings. The quantitative estimate of drug-likeness (QED) is 0.730. The third kappa shape index (κ3) is 3.56. The number of nitrogens with zero attached hydrogens (tertiary/aromatic N) is 1. The van der Waals surface area contributed by atoms with Crippen LogP contribution in [0.25, 0.3) is 0 Å². The number of rotatable bonds is 5. The van der Waals surface area contributed by atoms with Gasteiger partial charge in [0.1, 0.15) is 6.10 Å². The molecule has 1 heterocycles. The fraction of sp³-hybridized carbons (Fsp3) is 0.667. The van der Waals surface area contributed by atoms with E-state index in [1.807, 2.05) is 13.8 Å². The largest absolute Gasteiger partial charge is 0.479 e. The van der Waals surface area contributed by atoms with Crippen molar-refractivity contribution in [2.75, 3.05) is 13.1 Å². The first-order valence-electron chi connectivity index (χ1n) is 5.77. The lowest BCUT2D eigenvalue weighted by Gasteiger charge is -2.24. The molecule has 1 aliphatic rings. The Morgan fingerprint density at radius 3 is 2.41 bits per heavy atom. The molecule has 1 N–H and O–H groups in total. The van der Waals surface area contributed by atoms with Crippen LogP contribution in [0.1, 0.15) is 26.7 Å². The highest BCUT2D eigenvalue weighted by Crippen LogP contribution is 2.21. The van der Waals surface area contributed by atoms with E-state index in [9.17, 15) is 9.59 Å². The maximum atomic E-state index is 12.0. The van der Waals surface area contributed by atoms with Crippen molar-refractivity contribution in [2.45, 2.75) is 38.9 Å². The number of aliphatic carboxylic acids is 1.